The van der Waals surface area contributed by atoms with Crippen molar-refractivity contribution in [3.05, 3.63) is 34.6 Å². The molecule has 0 saturated carbocycles. The number of nitrogens with zero attached hydrogens (tertiary/aromatic N) is 3. The fourth-order valence-electron chi connectivity index (χ4n) is 1.64. The van der Waals surface area contributed by atoms with E-state index in [4.69, 9.17) is 17.3 Å². The number of hydrogen-bond donors (Lipinski definition) is 1. The van der Waals surface area contributed by atoms with Gasteiger partial charge in [-0.2, -0.15) is 15.0 Å². The Labute approximate surface area is 98.5 Å². The fourth-order valence-corrected chi connectivity index (χ4v) is 1.81. The number of nitrogens with two attached hydrogens (primary N) is 1. The molecular formula is C11H11ClN4. The second-order valence-electron chi connectivity index (χ2n) is 3.55. The first kappa shape index (κ1) is 10.8. The Morgan fingerprint density at radius 2 is 1.69 bits per heavy atom. The number of hydrogen-bond acceptors (Lipinski definition) is 4. The number of anilines is 1. The van der Waals surface area contributed by atoms with Crippen molar-refractivity contribution in [3.63, 3.8) is 0 Å². The van der Waals surface area contributed by atoms with Gasteiger partial charge in [-0.1, -0.05) is 18.2 Å². The van der Waals surface area contributed by atoms with E-state index in [-0.39, 0.29) is 11.2 Å². The Bertz CT molecular complexity index is 499. The molecule has 82 valence electrons. The molecule has 0 atom stereocenters. The van der Waals surface area contributed by atoms with Crippen molar-refractivity contribution in [1.29, 1.82) is 0 Å². The monoisotopic (exact) mass is 234 g/mol. The van der Waals surface area contributed by atoms with E-state index in [2.05, 4.69) is 15.0 Å². The average Bonchev–Trinajstić information content (AvgIpc) is 2.15. The van der Waals surface area contributed by atoms with Gasteiger partial charge in [0.1, 0.15) is 0 Å². The number of nitrogen functional groups attached to an aromatic ring is 1. The van der Waals surface area contributed by atoms with E-state index in [1.54, 1.807) is 0 Å². The summed E-state index contributed by atoms with van der Waals surface area (Å²) in [6.07, 6.45) is 0. The highest BCUT2D eigenvalue weighted by molar-refractivity contribution is 6.28. The van der Waals surface area contributed by atoms with Crippen LogP contribution in [0.5, 0.6) is 0 Å². The van der Waals surface area contributed by atoms with E-state index in [0.29, 0.717) is 5.82 Å². The van der Waals surface area contributed by atoms with Gasteiger partial charge in [0, 0.05) is 5.56 Å². The zero-order valence-electron chi connectivity index (χ0n) is 9.03. The van der Waals surface area contributed by atoms with Gasteiger partial charge in [0.2, 0.25) is 11.2 Å². The van der Waals surface area contributed by atoms with Crippen molar-refractivity contribution in [2.45, 2.75) is 13.8 Å². The third kappa shape index (κ3) is 1.97. The number of benzene rings is 1. The van der Waals surface area contributed by atoms with Gasteiger partial charge in [0.25, 0.3) is 0 Å². The van der Waals surface area contributed by atoms with Gasteiger partial charge < -0.3 is 5.73 Å². The van der Waals surface area contributed by atoms with Gasteiger partial charge in [-0.15, -0.1) is 0 Å². The van der Waals surface area contributed by atoms with Crippen LogP contribution in [0.1, 0.15) is 11.1 Å². The van der Waals surface area contributed by atoms with Gasteiger partial charge in [0.15, 0.2) is 5.82 Å². The summed E-state index contributed by atoms with van der Waals surface area (Å²) in [6, 6.07) is 5.98. The van der Waals surface area contributed by atoms with Gasteiger partial charge in [-0.05, 0) is 36.6 Å². The van der Waals surface area contributed by atoms with Gasteiger partial charge in [-0.3, -0.25) is 0 Å². The fraction of sp³-hybridized carbons (Fsp3) is 0.182. The van der Waals surface area contributed by atoms with Crippen molar-refractivity contribution in [1.82, 2.24) is 15.0 Å². The van der Waals surface area contributed by atoms with E-state index >= 15 is 0 Å². The number of aromatic nitrogens is 3. The molecule has 0 aliphatic rings. The summed E-state index contributed by atoms with van der Waals surface area (Å²) in [5, 5.41) is 0.116. The molecule has 1 heterocycles. The summed E-state index contributed by atoms with van der Waals surface area (Å²) in [7, 11) is 0. The van der Waals surface area contributed by atoms with Crippen molar-refractivity contribution in [3.8, 4) is 11.4 Å². The zero-order chi connectivity index (χ0) is 11.7. The van der Waals surface area contributed by atoms with Crippen LogP contribution in [0.4, 0.5) is 5.95 Å². The first-order valence-corrected chi connectivity index (χ1v) is 5.19. The van der Waals surface area contributed by atoms with Crippen LogP contribution in [-0.2, 0) is 0 Å². The third-order valence-corrected chi connectivity index (χ3v) is 2.50. The molecule has 16 heavy (non-hydrogen) atoms. The lowest BCUT2D eigenvalue weighted by atomic mass is 10.0. The number of rotatable bonds is 1. The molecule has 0 spiro atoms. The van der Waals surface area contributed by atoms with Crippen LogP contribution in [0, 0.1) is 13.8 Å². The molecule has 0 aliphatic carbocycles. The third-order valence-electron chi connectivity index (χ3n) is 2.33. The first-order valence-electron chi connectivity index (χ1n) is 4.81. The molecule has 0 saturated heterocycles. The van der Waals surface area contributed by atoms with Crippen LogP contribution < -0.4 is 5.73 Å². The summed E-state index contributed by atoms with van der Waals surface area (Å²) < 4.78 is 0. The SMILES string of the molecule is Cc1cccc(C)c1-c1nc(N)nc(Cl)n1. The molecule has 0 bridgehead atoms. The normalized spacial score (nSPS) is 10.4. The minimum Gasteiger partial charge on any atom is -0.368 e. The molecule has 0 unspecified atom stereocenters. The van der Waals surface area contributed by atoms with Crippen molar-refractivity contribution >= 4 is 17.5 Å². The van der Waals surface area contributed by atoms with E-state index < -0.39 is 0 Å². The highest BCUT2D eigenvalue weighted by Gasteiger charge is 2.10. The second-order valence-corrected chi connectivity index (χ2v) is 3.89. The lowest BCUT2D eigenvalue weighted by Gasteiger charge is -2.08. The van der Waals surface area contributed by atoms with Gasteiger partial charge in [0.05, 0.1) is 0 Å². The maximum atomic E-state index is 5.76. The predicted octanol–water partition coefficient (Wildman–Crippen LogP) is 2.39. The molecule has 4 nitrogen and oxygen atoms in total. The van der Waals surface area contributed by atoms with Gasteiger partial charge in [-0.25, -0.2) is 0 Å². The molecule has 2 N–H and O–H groups in total. The Balaban J connectivity index is 2.67. The largest absolute Gasteiger partial charge is 0.368 e. The van der Waals surface area contributed by atoms with Crippen LogP contribution in [0.15, 0.2) is 18.2 Å². The minimum atomic E-state index is 0.116. The smallest absolute Gasteiger partial charge is 0.227 e. The Hall–Kier alpha value is -1.68. The average molecular weight is 235 g/mol. The summed E-state index contributed by atoms with van der Waals surface area (Å²) in [5.41, 5.74) is 8.68. The van der Waals surface area contributed by atoms with Crippen LogP contribution in [0.2, 0.25) is 5.28 Å². The molecule has 0 amide bonds. The predicted molar refractivity (Wildman–Crippen MR) is 64.2 cm³/mol. The van der Waals surface area contributed by atoms with Crippen LogP contribution in [0.3, 0.4) is 0 Å². The molecule has 0 fully saturated rings. The number of halogens is 1. The summed E-state index contributed by atoms with van der Waals surface area (Å²) in [4.78, 5) is 11.9. The molecule has 0 aliphatic heterocycles. The van der Waals surface area contributed by atoms with Crippen molar-refractivity contribution < 1.29 is 0 Å². The van der Waals surface area contributed by atoms with Crippen LogP contribution in [0.25, 0.3) is 11.4 Å². The second kappa shape index (κ2) is 4.06. The van der Waals surface area contributed by atoms with E-state index in [0.717, 1.165) is 16.7 Å². The summed E-state index contributed by atoms with van der Waals surface area (Å²) in [6.45, 7) is 3.99. The molecule has 1 aromatic heterocycles. The molecule has 0 radical (unpaired) electrons. The topological polar surface area (TPSA) is 64.7 Å². The zero-order valence-corrected chi connectivity index (χ0v) is 9.78. The minimum absolute atomic E-state index is 0.116. The maximum Gasteiger partial charge on any atom is 0.227 e. The van der Waals surface area contributed by atoms with E-state index in [1.165, 1.54) is 0 Å². The molecule has 2 rings (SSSR count). The maximum absolute atomic E-state index is 5.76. The quantitative estimate of drug-likeness (QED) is 0.823. The van der Waals surface area contributed by atoms with E-state index in [1.807, 2.05) is 32.0 Å². The lowest BCUT2D eigenvalue weighted by Crippen LogP contribution is -2.01. The van der Waals surface area contributed by atoms with Crippen LogP contribution >= 0.6 is 11.6 Å². The first-order chi connectivity index (χ1) is 7.58. The molecule has 1 aromatic carbocycles. The molecular weight excluding hydrogens is 224 g/mol. The standard InChI is InChI=1S/C11H11ClN4/c1-6-4-3-5-7(2)8(6)9-14-10(12)16-11(13)15-9/h3-5H,1-2H3,(H2,13,14,15,16). The van der Waals surface area contributed by atoms with Crippen molar-refractivity contribution in [2.24, 2.45) is 0 Å². The Morgan fingerprint density at radius 3 is 2.25 bits per heavy atom. The Morgan fingerprint density at radius 1 is 1.06 bits per heavy atom. The molecule has 2 aromatic rings. The van der Waals surface area contributed by atoms with Crippen molar-refractivity contribution in [2.75, 3.05) is 5.73 Å². The van der Waals surface area contributed by atoms with E-state index in [9.17, 15) is 0 Å². The highest BCUT2D eigenvalue weighted by Crippen LogP contribution is 2.24. The lowest BCUT2D eigenvalue weighted by molar-refractivity contribution is 1.06. The van der Waals surface area contributed by atoms with Crippen LogP contribution in [-0.4, -0.2) is 15.0 Å². The molecule has 5 heteroatoms. The summed E-state index contributed by atoms with van der Waals surface area (Å²) in [5.74, 6) is 0.658. The van der Waals surface area contributed by atoms with Gasteiger partial charge >= 0.3 is 0 Å². The summed E-state index contributed by atoms with van der Waals surface area (Å²) >= 11 is 5.76. The Kier molecular flexibility index (Phi) is 2.75. The highest BCUT2D eigenvalue weighted by atomic mass is 35.5. The number of aryl methyl sites for hydroxylation is 2.